The third-order valence-corrected chi connectivity index (χ3v) is 6.69. The van der Waals surface area contributed by atoms with Crippen molar-refractivity contribution in [3.05, 3.63) is 98.7 Å². The summed E-state index contributed by atoms with van der Waals surface area (Å²) in [6, 6.07) is 14.1. The Hall–Kier alpha value is -4.70. The van der Waals surface area contributed by atoms with Crippen LogP contribution in [-0.2, 0) is 7.05 Å². The second-order valence-corrected chi connectivity index (χ2v) is 9.80. The van der Waals surface area contributed by atoms with E-state index in [1.807, 2.05) is 44.2 Å². The van der Waals surface area contributed by atoms with Gasteiger partial charge in [0.15, 0.2) is 5.69 Å². The average Bonchev–Trinajstić information content (AvgIpc) is 2.91. The Morgan fingerprint density at radius 3 is 2.38 bits per heavy atom. The molecule has 0 aliphatic carbocycles. The van der Waals surface area contributed by atoms with Crippen molar-refractivity contribution in [1.29, 1.82) is 0 Å². The molecule has 0 amide bonds. The summed E-state index contributed by atoms with van der Waals surface area (Å²) < 4.78 is 16.1. The Bertz CT molecular complexity index is 1840. The minimum Gasteiger partial charge on any atom is -0.476 e. The highest BCUT2D eigenvalue weighted by Gasteiger charge is 2.21. The topological polar surface area (TPSA) is 123 Å². The number of hydrogen-bond donors (Lipinski definition) is 2. The molecule has 3 heterocycles. The lowest BCUT2D eigenvalue weighted by atomic mass is 10.0. The minimum atomic E-state index is -1.27. The maximum absolute atomic E-state index is 14.7. The highest BCUT2D eigenvalue weighted by atomic mass is 35.5. The lowest BCUT2D eigenvalue weighted by Crippen LogP contribution is -2.22. The van der Waals surface area contributed by atoms with Gasteiger partial charge in [0.25, 0.3) is 5.56 Å². The molecule has 3 aromatic heterocycles. The fraction of sp³-hybridized carbons (Fsp3) is 0.172. The Labute approximate surface area is 233 Å². The quantitative estimate of drug-likeness (QED) is 0.253. The van der Waals surface area contributed by atoms with Crippen LogP contribution in [0.5, 0.6) is 0 Å². The van der Waals surface area contributed by atoms with Gasteiger partial charge in [0, 0.05) is 29.4 Å². The maximum atomic E-state index is 14.7. The molecule has 2 aromatic carbocycles. The molecule has 5 aromatic rings. The molecule has 0 bridgehead atoms. The van der Waals surface area contributed by atoms with Crippen LogP contribution in [0.15, 0.2) is 59.4 Å². The maximum Gasteiger partial charge on any atom is 0.356 e. The molecule has 0 saturated carbocycles. The zero-order valence-corrected chi connectivity index (χ0v) is 22.8. The molecule has 5 rings (SSSR count). The molecule has 202 valence electrons. The number of halogens is 2. The van der Waals surface area contributed by atoms with Crippen LogP contribution in [-0.4, -0.2) is 35.6 Å². The summed E-state index contributed by atoms with van der Waals surface area (Å²) in [7, 11) is 1.58. The van der Waals surface area contributed by atoms with E-state index in [0.29, 0.717) is 28.3 Å². The van der Waals surface area contributed by atoms with E-state index in [2.05, 4.69) is 20.3 Å². The molecule has 2 N–H and O–H groups in total. The summed E-state index contributed by atoms with van der Waals surface area (Å²) in [6.07, 6.45) is 0. The van der Waals surface area contributed by atoms with Gasteiger partial charge in [-0.2, -0.15) is 0 Å². The molecule has 0 spiro atoms. The normalized spacial score (nSPS) is 11.9. The van der Waals surface area contributed by atoms with Crippen molar-refractivity contribution < 1.29 is 14.3 Å². The lowest BCUT2D eigenvalue weighted by Gasteiger charge is -2.19. The third-order valence-electron chi connectivity index (χ3n) is 6.48. The molecule has 0 saturated heterocycles. The number of fused-ring (bicyclic) bond motifs is 1. The molecule has 1 atom stereocenters. The summed E-state index contributed by atoms with van der Waals surface area (Å²) in [6.45, 7) is 5.46. The summed E-state index contributed by atoms with van der Waals surface area (Å²) in [5.74, 6) is -0.829. The summed E-state index contributed by atoms with van der Waals surface area (Å²) in [4.78, 5) is 42.6. The number of carboxylic acid groups (broad SMARTS) is 1. The number of benzene rings is 2. The number of rotatable bonds is 6. The summed E-state index contributed by atoms with van der Waals surface area (Å²) in [5, 5.41) is 12.7. The van der Waals surface area contributed by atoms with Crippen LogP contribution in [0.2, 0.25) is 5.15 Å². The first-order valence-electron chi connectivity index (χ1n) is 12.3. The summed E-state index contributed by atoms with van der Waals surface area (Å²) in [5.41, 5.74) is 3.37. The molecule has 9 nitrogen and oxygen atoms in total. The van der Waals surface area contributed by atoms with Crippen molar-refractivity contribution in [2.24, 2.45) is 7.05 Å². The average molecular weight is 559 g/mol. The van der Waals surface area contributed by atoms with E-state index in [1.165, 1.54) is 22.8 Å². The zero-order chi connectivity index (χ0) is 28.7. The number of carboxylic acids is 1. The fourth-order valence-corrected chi connectivity index (χ4v) is 4.78. The van der Waals surface area contributed by atoms with Crippen LogP contribution in [0.1, 0.15) is 40.5 Å². The van der Waals surface area contributed by atoms with Gasteiger partial charge >= 0.3 is 5.97 Å². The number of hydrogen-bond acceptors (Lipinski definition) is 7. The van der Waals surface area contributed by atoms with Gasteiger partial charge in [-0.15, -0.1) is 0 Å². The monoisotopic (exact) mass is 558 g/mol. The molecular weight excluding hydrogens is 535 g/mol. The standard InChI is InChI=1S/C29H24ClFN6O3/c1-14-11-23(34-16(3)32-14)17-5-7-18(8-6-17)27-36-25-20(12-19(31)13-21(25)28(38)37(27)4)15(2)33-22-9-10-24(30)35-26(22)29(39)40/h5-13,15,33H,1-4H3,(H,39,40)/t15-/m1/s1. The van der Waals surface area contributed by atoms with Gasteiger partial charge in [-0.25, -0.2) is 29.1 Å². The molecule has 0 radical (unpaired) electrons. The number of anilines is 1. The summed E-state index contributed by atoms with van der Waals surface area (Å²) >= 11 is 5.87. The lowest BCUT2D eigenvalue weighted by molar-refractivity contribution is 0.0691. The smallest absolute Gasteiger partial charge is 0.356 e. The van der Waals surface area contributed by atoms with Gasteiger partial charge in [-0.1, -0.05) is 35.9 Å². The molecule has 40 heavy (non-hydrogen) atoms. The molecule has 0 fully saturated rings. The van der Waals surface area contributed by atoms with Crippen LogP contribution in [0, 0.1) is 19.7 Å². The number of carbonyl (C=O) groups is 1. The second kappa shape index (κ2) is 10.5. The van der Waals surface area contributed by atoms with Crippen LogP contribution < -0.4 is 10.9 Å². The van der Waals surface area contributed by atoms with Crippen LogP contribution in [0.4, 0.5) is 10.1 Å². The second-order valence-electron chi connectivity index (χ2n) is 9.41. The minimum absolute atomic E-state index is 0.0256. The van der Waals surface area contributed by atoms with Crippen molar-refractivity contribution in [3.63, 3.8) is 0 Å². The van der Waals surface area contributed by atoms with Crippen molar-refractivity contribution in [2.75, 3.05) is 5.32 Å². The van der Waals surface area contributed by atoms with Crippen molar-refractivity contribution in [2.45, 2.75) is 26.8 Å². The van der Waals surface area contributed by atoms with E-state index >= 15 is 0 Å². The predicted molar refractivity (Wildman–Crippen MR) is 151 cm³/mol. The Morgan fingerprint density at radius 1 is 1.00 bits per heavy atom. The van der Waals surface area contributed by atoms with Crippen molar-refractivity contribution in [1.82, 2.24) is 24.5 Å². The van der Waals surface area contributed by atoms with E-state index < -0.39 is 23.4 Å². The predicted octanol–water partition coefficient (Wildman–Crippen LogP) is 5.73. The number of pyridine rings is 1. The van der Waals surface area contributed by atoms with Gasteiger partial charge in [0.05, 0.1) is 28.3 Å². The number of nitrogens with one attached hydrogen (secondary N) is 1. The SMILES string of the molecule is Cc1cc(-c2ccc(-c3nc4c([C@@H](C)Nc5ccc(Cl)nc5C(=O)O)cc(F)cc4c(=O)n3C)cc2)nc(C)n1. The van der Waals surface area contributed by atoms with E-state index in [4.69, 9.17) is 16.6 Å². The molecule has 0 aliphatic rings. The Morgan fingerprint density at radius 2 is 1.70 bits per heavy atom. The first-order valence-corrected chi connectivity index (χ1v) is 12.7. The van der Waals surface area contributed by atoms with Gasteiger partial charge in [0.1, 0.15) is 22.6 Å². The molecule has 0 unspecified atom stereocenters. The molecule has 11 heteroatoms. The Balaban J connectivity index is 1.60. The number of aryl methyl sites for hydroxylation is 2. The number of aromatic carboxylic acids is 1. The van der Waals surface area contributed by atoms with Gasteiger partial charge < -0.3 is 10.4 Å². The highest BCUT2D eigenvalue weighted by Crippen LogP contribution is 2.30. The van der Waals surface area contributed by atoms with Gasteiger partial charge in [-0.05, 0) is 51.1 Å². The first kappa shape index (κ1) is 26.9. The third kappa shape index (κ3) is 5.13. The van der Waals surface area contributed by atoms with E-state index in [0.717, 1.165) is 23.0 Å². The van der Waals surface area contributed by atoms with Crippen molar-refractivity contribution in [3.8, 4) is 22.6 Å². The largest absolute Gasteiger partial charge is 0.476 e. The van der Waals surface area contributed by atoms with Crippen molar-refractivity contribution >= 4 is 34.2 Å². The fourth-order valence-electron chi connectivity index (χ4n) is 4.63. The molecule has 0 aliphatic heterocycles. The van der Waals surface area contributed by atoms with E-state index in [-0.39, 0.29) is 21.9 Å². The highest BCUT2D eigenvalue weighted by molar-refractivity contribution is 6.29. The van der Waals surface area contributed by atoms with Gasteiger partial charge in [0.2, 0.25) is 0 Å². The number of aromatic nitrogens is 5. The molecular formula is C29H24ClFN6O3. The van der Waals surface area contributed by atoms with Crippen LogP contribution in [0.3, 0.4) is 0 Å². The van der Waals surface area contributed by atoms with Crippen LogP contribution >= 0.6 is 11.6 Å². The van der Waals surface area contributed by atoms with Gasteiger partial charge in [-0.3, -0.25) is 9.36 Å². The Kier molecular flexibility index (Phi) is 7.03. The number of nitrogens with zero attached hydrogens (tertiary/aromatic N) is 5. The van der Waals surface area contributed by atoms with E-state index in [9.17, 15) is 19.1 Å². The zero-order valence-electron chi connectivity index (χ0n) is 22.0. The first-order chi connectivity index (χ1) is 19.0. The van der Waals surface area contributed by atoms with E-state index in [1.54, 1.807) is 14.0 Å². The van der Waals surface area contributed by atoms with Crippen LogP contribution in [0.25, 0.3) is 33.5 Å².